The summed E-state index contributed by atoms with van der Waals surface area (Å²) < 4.78 is 5.92. The summed E-state index contributed by atoms with van der Waals surface area (Å²) in [4.78, 5) is 22.9. The SMILES string of the molecule is CC(C)(C)OC(=O)C(=O)/C=C/c1ccc(Br)cc1. The summed E-state index contributed by atoms with van der Waals surface area (Å²) in [5, 5.41) is 0. The van der Waals surface area contributed by atoms with Gasteiger partial charge >= 0.3 is 5.97 Å². The molecular weight excluding hydrogens is 296 g/mol. The van der Waals surface area contributed by atoms with Gasteiger partial charge in [-0.3, -0.25) is 4.79 Å². The summed E-state index contributed by atoms with van der Waals surface area (Å²) in [6, 6.07) is 7.39. The largest absolute Gasteiger partial charge is 0.454 e. The van der Waals surface area contributed by atoms with Crippen molar-refractivity contribution in [3.8, 4) is 0 Å². The Kier molecular flexibility index (Phi) is 4.84. The van der Waals surface area contributed by atoms with Crippen LogP contribution in [0.25, 0.3) is 6.08 Å². The highest BCUT2D eigenvalue weighted by atomic mass is 79.9. The number of ketones is 1. The topological polar surface area (TPSA) is 43.4 Å². The van der Waals surface area contributed by atoms with Crippen LogP contribution in [0.15, 0.2) is 34.8 Å². The molecule has 0 fully saturated rings. The van der Waals surface area contributed by atoms with Gasteiger partial charge in [0.1, 0.15) is 5.60 Å². The molecule has 18 heavy (non-hydrogen) atoms. The quantitative estimate of drug-likeness (QED) is 0.488. The summed E-state index contributed by atoms with van der Waals surface area (Å²) in [7, 11) is 0. The lowest BCUT2D eigenvalue weighted by atomic mass is 10.2. The summed E-state index contributed by atoms with van der Waals surface area (Å²) in [6.45, 7) is 5.16. The van der Waals surface area contributed by atoms with Crippen molar-refractivity contribution in [2.75, 3.05) is 0 Å². The van der Waals surface area contributed by atoms with Gasteiger partial charge in [0.05, 0.1) is 0 Å². The second kappa shape index (κ2) is 5.96. The molecule has 0 unspecified atom stereocenters. The second-order valence-electron chi connectivity index (χ2n) is 4.75. The zero-order valence-corrected chi connectivity index (χ0v) is 12.2. The maximum Gasteiger partial charge on any atom is 0.379 e. The number of esters is 1. The van der Waals surface area contributed by atoms with Gasteiger partial charge in [0.2, 0.25) is 0 Å². The van der Waals surface area contributed by atoms with Crippen LogP contribution in [0.2, 0.25) is 0 Å². The third-order valence-electron chi connectivity index (χ3n) is 1.90. The molecule has 3 nitrogen and oxygen atoms in total. The Morgan fingerprint density at radius 1 is 1.17 bits per heavy atom. The molecule has 0 radical (unpaired) electrons. The Bertz CT molecular complexity index is 467. The minimum atomic E-state index is -0.837. The molecule has 1 aromatic rings. The number of carbonyl (C=O) groups is 2. The van der Waals surface area contributed by atoms with Crippen LogP contribution in [0, 0.1) is 0 Å². The lowest BCUT2D eigenvalue weighted by Gasteiger charge is -2.18. The van der Waals surface area contributed by atoms with Crippen LogP contribution in [0.1, 0.15) is 26.3 Å². The molecule has 0 aliphatic carbocycles. The minimum absolute atomic E-state index is 0.655. The average molecular weight is 311 g/mol. The number of hydrogen-bond acceptors (Lipinski definition) is 3. The molecule has 0 atom stereocenters. The number of carbonyl (C=O) groups excluding carboxylic acids is 2. The van der Waals surface area contributed by atoms with Crippen LogP contribution in [-0.4, -0.2) is 17.4 Å². The predicted octanol–water partition coefficient (Wildman–Crippen LogP) is 3.37. The molecule has 0 bridgehead atoms. The van der Waals surface area contributed by atoms with Crippen molar-refractivity contribution in [2.24, 2.45) is 0 Å². The molecule has 96 valence electrons. The van der Waals surface area contributed by atoms with Gasteiger partial charge in [0.25, 0.3) is 5.78 Å². The normalized spacial score (nSPS) is 11.6. The fourth-order valence-corrected chi connectivity index (χ4v) is 1.41. The monoisotopic (exact) mass is 310 g/mol. The standard InChI is InChI=1S/C14H15BrO3/c1-14(2,3)18-13(17)12(16)9-6-10-4-7-11(15)8-5-10/h4-9H,1-3H3/b9-6+. The minimum Gasteiger partial charge on any atom is -0.454 e. The van der Waals surface area contributed by atoms with E-state index in [4.69, 9.17) is 4.74 Å². The lowest BCUT2D eigenvalue weighted by Crippen LogP contribution is -2.27. The van der Waals surface area contributed by atoms with E-state index in [-0.39, 0.29) is 0 Å². The Morgan fingerprint density at radius 3 is 2.22 bits per heavy atom. The van der Waals surface area contributed by atoms with Crippen molar-refractivity contribution < 1.29 is 14.3 Å². The predicted molar refractivity (Wildman–Crippen MR) is 74.0 cm³/mol. The Labute approximate surface area is 115 Å². The molecule has 0 saturated heterocycles. The van der Waals surface area contributed by atoms with E-state index in [1.165, 1.54) is 6.08 Å². The van der Waals surface area contributed by atoms with Crippen LogP contribution in [-0.2, 0) is 14.3 Å². The van der Waals surface area contributed by atoms with Crippen molar-refractivity contribution in [2.45, 2.75) is 26.4 Å². The van der Waals surface area contributed by atoms with E-state index in [0.29, 0.717) is 0 Å². The average Bonchev–Trinajstić information content (AvgIpc) is 2.25. The number of benzene rings is 1. The molecule has 0 amide bonds. The third-order valence-corrected chi connectivity index (χ3v) is 2.43. The van der Waals surface area contributed by atoms with Gasteiger partial charge in [-0.15, -0.1) is 0 Å². The Hall–Kier alpha value is -1.42. The highest BCUT2D eigenvalue weighted by molar-refractivity contribution is 9.10. The van der Waals surface area contributed by atoms with Crippen LogP contribution in [0.5, 0.6) is 0 Å². The van der Waals surface area contributed by atoms with Crippen molar-refractivity contribution in [1.29, 1.82) is 0 Å². The van der Waals surface area contributed by atoms with Crippen LogP contribution >= 0.6 is 15.9 Å². The summed E-state index contributed by atoms with van der Waals surface area (Å²) in [5.74, 6) is -1.50. The molecule has 1 aromatic carbocycles. The van der Waals surface area contributed by atoms with Crippen molar-refractivity contribution in [3.05, 3.63) is 40.4 Å². The molecule has 0 N–H and O–H groups in total. The van der Waals surface area contributed by atoms with E-state index in [1.54, 1.807) is 26.8 Å². The van der Waals surface area contributed by atoms with Gasteiger partial charge in [-0.2, -0.15) is 0 Å². The van der Waals surface area contributed by atoms with Gasteiger partial charge in [0.15, 0.2) is 0 Å². The third kappa shape index (κ3) is 5.27. The fraction of sp³-hybridized carbons (Fsp3) is 0.286. The van der Waals surface area contributed by atoms with E-state index >= 15 is 0 Å². The van der Waals surface area contributed by atoms with Crippen molar-refractivity contribution in [3.63, 3.8) is 0 Å². The van der Waals surface area contributed by atoms with E-state index in [2.05, 4.69) is 15.9 Å². The molecule has 0 aliphatic heterocycles. The molecule has 4 heteroatoms. The smallest absolute Gasteiger partial charge is 0.379 e. The van der Waals surface area contributed by atoms with Gasteiger partial charge in [-0.1, -0.05) is 34.1 Å². The van der Waals surface area contributed by atoms with Crippen LogP contribution in [0.3, 0.4) is 0 Å². The van der Waals surface area contributed by atoms with Gasteiger partial charge in [-0.05, 0) is 44.5 Å². The molecule has 0 spiro atoms. The van der Waals surface area contributed by atoms with Gasteiger partial charge < -0.3 is 4.74 Å². The van der Waals surface area contributed by atoms with E-state index in [0.717, 1.165) is 10.0 Å². The second-order valence-corrected chi connectivity index (χ2v) is 5.67. The molecular formula is C14H15BrO3. The number of ether oxygens (including phenoxy) is 1. The Morgan fingerprint density at radius 2 is 1.72 bits per heavy atom. The number of halogens is 1. The number of hydrogen-bond donors (Lipinski definition) is 0. The lowest BCUT2D eigenvalue weighted by molar-refractivity contribution is -0.160. The number of rotatable bonds is 3. The first kappa shape index (κ1) is 14.6. The molecule has 0 heterocycles. The fourth-order valence-electron chi connectivity index (χ4n) is 1.14. The highest BCUT2D eigenvalue weighted by Crippen LogP contribution is 2.12. The summed E-state index contributed by atoms with van der Waals surface area (Å²) in [6.07, 6.45) is 2.80. The summed E-state index contributed by atoms with van der Waals surface area (Å²) in [5.41, 5.74) is 0.188. The van der Waals surface area contributed by atoms with Gasteiger partial charge in [-0.25, -0.2) is 4.79 Å². The zero-order chi connectivity index (χ0) is 13.8. The van der Waals surface area contributed by atoms with Crippen molar-refractivity contribution in [1.82, 2.24) is 0 Å². The molecule has 0 saturated carbocycles. The Balaban J connectivity index is 2.64. The molecule has 0 aliphatic rings. The first-order chi connectivity index (χ1) is 8.28. The maximum absolute atomic E-state index is 11.5. The molecule has 1 rings (SSSR count). The van der Waals surface area contributed by atoms with Gasteiger partial charge in [0, 0.05) is 4.47 Å². The van der Waals surface area contributed by atoms with Crippen molar-refractivity contribution >= 4 is 33.8 Å². The first-order valence-corrected chi connectivity index (χ1v) is 6.28. The highest BCUT2D eigenvalue weighted by Gasteiger charge is 2.20. The van der Waals surface area contributed by atoms with Crippen LogP contribution < -0.4 is 0 Å². The maximum atomic E-state index is 11.5. The zero-order valence-electron chi connectivity index (χ0n) is 10.6. The van der Waals surface area contributed by atoms with E-state index in [9.17, 15) is 9.59 Å². The van der Waals surface area contributed by atoms with Crippen LogP contribution in [0.4, 0.5) is 0 Å². The molecule has 0 aromatic heterocycles. The summed E-state index contributed by atoms with van der Waals surface area (Å²) >= 11 is 3.32. The van der Waals surface area contributed by atoms with E-state index in [1.807, 2.05) is 24.3 Å². The first-order valence-electron chi connectivity index (χ1n) is 5.49. The van der Waals surface area contributed by atoms with E-state index < -0.39 is 17.4 Å².